The minimum atomic E-state index is -1.93. The van der Waals surface area contributed by atoms with E-state index in [1.807, 2.05) is 0 Å². The summed E-state index contributed by atoms with van der Waals surface area (Å²) in [6.45, 7) is 3.72. The first-order chi connectivity index (χ1) is 40.0. The molecule has 12 atom stereocenters. The van der Waals surface area contributed by atoms with Gasteiger partial charge in [0.2, 0.25) is 53.2 Å². The Morgan fingerprint density at radius 1 is 0.494 bits per heavy atom. The number of nitrogens with zero attached hydrogens (tertiary/aromatic N) is 1. The van der Waals surface area contributed by atoms with E-state index in [0.29, 0.717) is 18.4 Å². The normalized spacial score (nSPS) is 15.4. The van der Waals surface area contributed by atoms with Crippen LogP contribution in [0.15, 0.2) is 29.3 Å². The van der Waals surface area contributed by atoms with Crippen LogP contribution in [0, 0.1) is 5.92 Å². The van der Waals surface area contributed by atoms with Crippen LogP contribution in [0.4, 0.5) is 0 Å². The van der Waals surface area contributed by atoms with Crippen LogP contribution in [0.3, 0.4) is 0 Å². The first-order valence-electron chi connectivity index (χ1n) is 27.7. The number of carboxylic acid groups (broad SMARTS) is 2. The topological polar surface area (TPSA) is 580 Å². The number of guanidine groups is 1. The number of phenolic OH excluding ortho intramolecular Hbond substituents is 1. The van der Waals surface area contributed by atoms with Crippen LogP contribution in [-0.4, -0.2) is 212 Å². The number of benzene rings is 1. The van der Waals surface area contributed by atoms with E-state index in [-0.39, 0.29) is 95.0 Å². The van der Waals surface area contributed by atoms with E-state index in [9.17, 15) is 83.4 Å². The average molecular weight is 1210 g/mol. The van der Waals surface area contributed by atoms with Crippen LogP contribution >= 0.6 is 0 Å². The molecule has 0 bridgehead atoms. The van der Waals surface area contributed by atoms with Gasteiger partial charge in [-0.1, -0.05) is 26.0 Å². The maximum atomic E-state index is 14.0. The summed E-state index contributed by atoms with van der Waals surface area (Å²) in [4.78, 5) is 150. The van der Waals surface area contributed by atoms with Gasteiger partial charge in [0.25, 0.3) is 0 Å². The van der Waals surface area contributed by atoms with Gasteiger partial charge in [-0.05, 0) is 115 Å². The van der Waals surface area contributed by atoms with Crippen LogP contribution in [0.1, 0.15) is 104 Å². The molecule has 0 aliphatic heterocycles. The molecule has 9 amide bonds. The molecule has 0 aromatic heterocycles. The zero-order chi connectivity index (χ0) is 64.5. The van der Waals surface area contributed by atoms with Crippen molar-refractivity contribution in [1.29, 1.82) is 0 Å². The second-order valence-electron chi connectivity index (χ2n) is 20.6. The van der Waals surface area contributed by atoms with Crippen LogP contribution < -0.4 is 76.5 Å². The summed E-state index contributed by atoms with van der Waals surface area (Å²) in [5, 5.41) is 91.7. The van der Waals surface area contributed by atoms with Crippen molar-refractivity contribution >= 4 is 71.1 Å². The first-order valence-corrected chi connectivity index (χ1v) is 27.7. The summed E-state index contributed by atoms with van der Waals surface area (Å²) in [6, 6.07) is -10.6. The van der Waals surface area contributed by atoms with Crippen molar-refractivity contribution in [2.24, 2.45) is 39.6 Å². The molecule has 1 aromatic rings. The minimum Gasteiger partial charge on any atom is -0.508 e. The number of aromatic hydroxyl groups is 1. The molecule has 0 unspecified atom stereocenters. The number of hydrogen-bond donors (Lipinski definition) is 21. The Morgan fingerprint density at radius 3 is 1.28 bits per heavy atom. The van der Waals surface area contributed by atoms with E-state index in [0.717, 1.165) is 13.8 Å². The lowest BCUT2D eigenvalue weighted by Crippen LogP contribution is -2.63. The quantitative estimate of drug-likeness (QED) is 0.0164. The molecule has 26 N–H and O–H groups in total. The van der Waals surface area contributed by atoms with Gasteiger partial charge >= 0.3 is 11.9 Å². The van der Waals surface area contributed by atoms with E-state index < -0.39 is 157 Å². The lowest BCUT2D eigenvalue weighted by atomic mass is 10.0. The summed E-state index contributed by atoms with van der Waals surface area (Å²) in [5.74, 6) is -12.9. The molecule has 0 saturated heterocycles. The number of carbonyl (C=O) groups excluding carboxylic acids is 9. The van der Waals surface area contributed by atoms with Gasteiger partial charge in [-0.2, -0.15) is 0 Å². The number of nitrogens with two attached hydrogens (primary N) is 5. The Balaban J connectivity index is 3.41. The highest BCUT2D eigenvalue weighted by Crippen LogP contribution is 2.14. The highest BCUT2D eigenvalue weighted by molar-refractivity contribution is 5.99. The van der Waals surface area contributed by atoms with Gasteiger partial charge in [-0.3, -0.25) is 52.9 Å². The number of aliphatic carboxylic acids is 2. The summed E-state index contributed by atoms with van der Waals surface area (Å²) in [5.41, 5.74) is 28.4. The number of carbonyl (C=O) groups is 11. The van der Waals surface area contributed by atoms with Crippen molar-refractivity contribution in [3.8, 4) is 5.75 Å². The van der Waals surface area contributed by atoms with Gasteiger partial charge < -0.3 is 112 Å². The highest BCUT2D eigenvalue weighted by atomic mass is 16.4. The number of carboxylic acids is 2. The molecule has 85 heavy (non-hydrogen) atoms. The van der Waals surface area contributed by atoms with Crippen molar-refractivity contribution < 1.29 is 88.5 Å². The largest absolute Gasteiger partial charge is 0.508 e. The van der Waals surface area contributed by atoms with Crippen molar-refractivity contribution in [3.05, 3.63) is 29.8 Å². The number of nitrogens with one attached hydrogen (secondary N) is 9. The lowest BCUT2D eigenvalue weighted by molar-refractivity contribution is -0.143. The van der Waals surface area contributed by atoms with Crippen LogP contribution in [0.2, 0.25) is 0 Å². The summed E-state index contributed by atoms with van der Waals surface area (Å²) in [7, 11) is 0. The predicted molar refractivity (Wildman–Crippen MR) is 304 cm³/mol. The monoisotopic (exact) mass is 1210 g/mol. The lowest BCUT2D eigenvalue weighted by Gasteiger charge is -2.29. The summed E-state index contributed by atoms with van der Waals surface area (Å²) < 4.78 is 0. The molecule has 33 nitrogen and oxygen atoms in total. The van der Waals surface area contributed by atoms with Gasteiger partial charge in [-0.25, -0.2) is 4.79 Å². The van der Waals surface area contributed by atoms with E-state index in [2.05, 4.69) is 52.8 Å². The van der Waals surface area contributed by atoms with Gasteiger partial charge in [-0.15, -0.1) is 0 Å². The van der Waals surface area contributed by atoms with Crippen molar-refractivity contribution in [2.75, 3.05) is 32.8 Å². The zero-order valence-corrected chi connectivity index (χ0v) is 48.3. The molecule has 0 saturated carbocycles. The number of amides is 9. The number of aliphatic hydroxyl groups excluding tert-OH is 4. The molecule has 0 fully saturated rings. The smallest absolute Gasteiger partial charge is 0.326 e. The molecular formula is C52H89N15O18. The Kier molecular flexibility index (Phi) is 35.1. The van der Waals surface area contributed by atoms with E-state index in [1.165, 1.54) is 24.3 Å². The summed E-state index contributed by atoms with van der Waals surface area (Å²) in [6.07, 6.45) is -3.71. The van der Waals surface area contributed by atoms with Gasteiger partial charge in [0, 0.05) is 19.4 Å². The van der Waals surface area contributed by atoms with Gasteiger partial charge in [0.1, 0.15) is 60.1 Å². The zero-order valence-electron chi connectivity index (χ0n) is 48.3. The fourth-order valence-electron chi connectivity index (χ4n) is 8.07. The third-order valence-corrected chi connectivity index (χ3v) is 12.8. The van der Waals surface area contributed by atoms with Crippen molar-refractivity contribution in [2.45, 2.75) is 177 Å². The maximum Gasteiger partial charge on any atom is 0.326 e. The Hall–Kier alpha value is -7.82. The second-order valence-corrected chi connectivity index (χ2v) is 20.6. The van der Waals surface area contributed by atoms with Crippen molar-refractivity contribution in [3.63, 3.8) is 0 Å². The van der Waals surface area contributed by atoms with E-state index in [4.69, 9.17) is 33.8 Å². The summed E-state index contributed by atoms with van der Waals surface area (Å²) >= 11 is 0. The van der Waals surface area contributed by atoms with Gasteiger partial charge in [0.15, 0.2) is 5.96 Å². The molecule has 0 aliphatic rings. The van der Waals surface area contributed by atoms with E-state index >= 15 is 0 Å². The molecule has 0 heterocycles. The second kappa shape index (κ2) is 39.7. The third-order valence-electron chi connectivity index (χ3n) is 12.8. The average Bonchev–Trinajstić information content (AvgIpc) is 3.65. The number of hydrogen-bond acceptors (Lipinski definition) is 20. The molecule has 0 radical (unpaired) electrons. The molecular weight excluding hydrogens is 1120 g/mol. The van der Waals surface area contributed by atoms with E-state index in [1.54, 1.807) is 13.8 Å². The number of rotatable bonds is 42. The molecule has 33 heteroatoms. The SMILES string of the molecule is CC(C)C[C@H](NC(=O)[C@H](CCCN=C(N)N)NC(=O)[C@H](CO)NC(=O)[C@H](CO)NC(=O)[C@H](CCCCN)NC(=O)[C@@H](NC(=O)[C@@H](NC(=O)[C@H](CCCCN)NC(=O)[C@H](Cc1ccc(O)cc1)NC(=O)[C@@H](N)CCC(=O)O)[C@@H](C)O)[C@@H](C)O)C(=O)O. The van der Waals surface area contributed by atoms with Crippen LogP contribution in [0.5, 0.6) is 5.75 Å². The van der Waals surface area contributed by atoms with Gasteiger partial charge in [0.05, 0.1) is 31.5 Å². The molecule has 0 spiro atoms. The predicted octanol–water partition coefficient (Wildman–Crippen LogP) is -7.32. The highest BCUT2D eigenvalue weighted by Gasteiger charge is 2.38. The Bertz CT molecular complexity index is 2380. The first kappa shape index (κ1) is 75.2. The fourth-order valence-corrected chi connectivity index (χ4v) is 8.07. The Labute approximate surface area is 491 Å². The minimum absolute atomic E-state index is 0.00164. The van der Waals surface area contributed by atoms with Crippen LogP contribution in [-0.2, 0) is 59.2 Å². The fraction of sp³-hybridized carbons (Fsp3) is 0.654. The number of aliphatic hydroxyl groups is 4. The molecule has 0 aliphatic carbocycles. The third kappa shape index (κ3) is 29.0. The standard InChI is InChI=1S/C52H89N15O18/c1-26(2)22-36(51(84)85)63-43(76)34(12-9-21-58-52(56)57)60-47(80)37(24-68)65-48(81)38(25-69)64-44(77)32(10-5-7-19-53)61-49(82)40(27(3)70)67-50(83)41(28(4)71)66-45(78)33(11-6-8-20-54)59-46(79)35(23-29-13-15-30(72)16-14-29)62-42(75)31(55)17-18-39(73)74/h13-16,26-28,31-38,40-41,68-72H,5-12,17-25,53-55H2,1-4H3,(H,59,79)(H,60,80)(H,61,82)(H,62,75)(H,63,76)(H,64,77)(H,65,81)(H,66,78)(H,67,83)(H,73,74)(H,84,85)(H4,56,57,58)/t27-,28-,31+,32+,33+,34+,35+,36+,37+,38+,40+,41+/m1/s1. The van der Waals surface area contributed by atoms with Crippen molar-refractivity contribution in [1.82, 2.24) is 47.9 Å². The molecule has 1 rings (SSSR count). The number of aliphatic imine (C=N–C) groups is 1. The number of phenols is 1. The maximum absolute atomic E-state index is 14.0. The van der Waals surface area contributed by atoms with Crippen LogP contribution in [0.25, 0.3) is 0 Å². The Morgan fingerprint density at radius 2 is 0.871 bits per heavy atom. The molecule has 480 valence electrons. The molecule has 1 aromatic carbocycles. The number of unbranched alkanes of at least 4 members (excludes halogenated alkanes) is 2.